The first-order chi connectivity index (χ1) is 12.1. The maximum atomic E-state index is 13.0. The van der Waals surface area contributed by atoms with Gasteiger partial charge in [-0.05, 0) is 26.0 Å². The molecular weight excluding hydrogens is 314 g/mol. The Balaban J connectivity index is 1.52. The van der Waals surface area contributed by atoms with E-state index in [-0.39, 0.29) is 18.1 Å². The molecule has 2 aliphatic heterocycles. The molecule has 2 aliphatic rings. The predicted molar refractivity (Wildman–Crippen MR) is 96.2 cm³/mol. The summed E-state index contributed by atoms with van der Waals surface area (Å²) in [5.41, 5.74) is 1.19. The van der Waals surface area contributed by atoms with Gasteiger partial charge in [0.2, 0.25) is 0 Å². The fraction of sp³-hybridized carbons (Fsp3) is 0.474. The highest BCUT2D eigenvalue weighted by molar-refractivity contribution is 5.75. The lowest BCUT2D eigenvalue weighted by atomic mass is 10.0. The average molecular weight is 339 g/mol. The van der Waals surface area contributed by atoms with Crippen molar-refractivity contribution in [3.63, 3.8) is 0 Å². The molecule has 2 aromatic rings. The maximum Gasteiger partial charge on any atom is 0.318 e. The minimum Gasteiger partial charge on any atom is -0.330 e. The summed E-state index contributed by atoms with van der Waals surface area (Å²) < 4.78 is 2.16. The Morgan fingerprint density at radius 2 is 2.04 bits per heavy atom. The van der Waals surface area contributed by atoms with Crippen molar-refractivity contribution in [2.45, 2.75) is 31.5 Å². The van der Waals surface area contributed by atoms with E-state index in [1.54, 1.807) is 0 Å². The van der Waals surface area contributed by atoms with Crippen LogP contribution in [-0.2, 0) is 0 Å². The molecule has 25 heavy (non-hydrogen) atoms. The minimum atomic E-state index is -0.00594. The van der Waals surface area contributed by atoms with Crippen LogP contribution in [0.4, 0.5) is 4.79 Å². The van der Waals surface area contributed by atoms with Crippen LogP contribution < -0.4 is 5.32 Å². The minimum absolute atomic E-state index is 0.00594. The van der Waals surface area contributed by atoms with E-state index in [2.05, 4.69) is 45.9 Å². The summed E-state index contributed by atoms with van der Waals surface area (Å²) in [6.07, 6.45) is 4.71. The van der Waals surface area contributed by atoms with Crippen LogP contribution in [0.1, 0.15) is 42.9 Å². The van der Waals surface area contributed by atoms with Crippen LogP contribution in [0, 0.1) is 0 Å². The number of carbonyl (C=O) groups is 1. The third kappa shape index (κ3) is 3.02. The number of rotatable bonds is 2. The van der Waals surface area contributed by atoms with Gasteiger partial charge in [0.25, 0.3) is 0 Å². The molecule has 0 bridgehead atoms. The van der Waals surface area contributed by atoms with Crippen molar-refractivity contribution < 1.29 is 4.79 Å². The molecule has 0 saturated carbocycles. The lowest BCUT2D eigenvalue weighted by molar-refractivity contribution is 0.107. The molecule has 0 aliphatic carbocycles. The van der Waals surface area contributed by atoms with Crippen LogP contribution >= 0.6 is 0 Å². The molecule has 1 aromatic heterocycles. The monoisotopic (exact) mass is 339 g/mol. The number of nitrogens with one attached hydrogen (secondary N) is 1. The molecule has 2 amide bonds. The molecule has 1 N–H and O–H groups in total. The summed E-state index contributed by atoms with van der Waals surface area (Å²) in [6, 6.07) is 10.8. The van der Waals surface area contributed by atoms with Crippen molar-refractivity contribution >= 4 is 6.03 Å². The number of hydrogen-bond acceptors (Lipinski definition) is 3. The number of urea groups is 1. The van der Waals surface area contributed by atoms with Gasteiger partial charge < -0.3 is 19.7 Å². The average Bonchev–Trinajstić information content (AvgIpc) is 3.21. The van der Waals surface area contributed by atoms with Gasteiger partial charge in [-0.2, -0.15) is 0 Å². The van der Waals surface area contributed by atoms with Gasteiger partial charge in [-0.1, -0.05) is 30.3 Å². The lowest BCUT2D eigenvalue weighted by Gasteiger charge is -2.40. The molecule has 3 atom stereocenters. The molecule has 6 heteroatoms. The van der Waals surface area contributed by atoms with E-state index in [4.69, 9.17) is 0 Å². The smallest absolute Gasteiger partial charge is 0.318 e. The number of benzene rings is 1. The maximum absolute atomic E-state index is 13.0. The molecule has 3 heterocycles. The van der Waals surface area contributed by atoms with Gasteiger partial charge in [0.1, 0.15) is 5.82 Å². The molecular formula is C19H25N5O. The number of amides is 2. The van der Waals surface area contributed by atoms with Crippen LogP contribution in [0.3, 0.4) is 0 Å². The molecule has 3 unspecified atom stereocenters. The summed E-state index contributed by atoms with van der Waals surface area (Å²) in [5.74, 6) is 0.964. The van der Waals surface area contributed by atoms with E-state index in [0.29, 0.717) is 6.04 Å². The van der Waals surface area contributed by atoms with Crippen molar-refractivity contribution in [1.29, 1.82) is 0 Å². The SMILES string of the molecule is CC1CC(NC(=O)N2CCN(C)CC2c2ccccc2)c2nccn21. The highest BCUT2D eigenvalue weighted by Gasteiger charge is 2.35. The molecule has 4 rings (SSSR count). The number of likely N-dealkylation sites (N-methyl/N-ethyl adjacent to an activating group) is 1. The van der Waals surface area contributed by atoms with E-state index in [0.717, 1.165) is 31.9 Å². The quantitative estimate of drug-likeness (QED) is 0.915. The number of imidazole rings is 1. The molecule has 1 saturated heterocycles. The standard InChI is InChI=1S/C19H25N5O/c1-14-12-16(18-20-8-9-23(14)18)21-19(25)24-11-10-22(2)13-17(24)15-6-4-3-5-7-15/h3-9,14,16-17H,10-13H2,1-2H3,(H,21,25). The first-order valence-electron chi connectivity index (χ1n) is 8.97. The Morgan fingerprint density at radius 3 is 2.84 bits per heavy atom. The van der Waals surface area contributed by atoms with Gasteiger partial charge in [0.15, 0.2) is 0 Å². The van der Waals surface area contributed by atoms with Crippen molar-refractivity contribution in [2.75, 3.05) is 26.7 Å². The summed E-state index contributed by atoms with van der Waals surface area (Å²) in [6.45, 7) is 4.65. The van der Waals surface area contributed by atoms with Crippen LogP contribution in [-0.4, -0.2) is 52.1 Å². The highest BCUT2D eigenvalue weighted by atomic mass is 16.2. The topological polar surface area (TPSA) is 53.4 Å². The third-order valence-corrected chi connectivity index (χ3v) is 5.39. The van der Waals surface area contributed by atoms with Gasteiger partial charge in [-0.15, -0.1) is 0 Å². The second-order valence-corrected chi connectivity index (χ2v) is 7.16. The number of piperazine rings is 1. The Labute approximate surface area is 148 Å². The third-order valence-electron chi connectivity index (χ3n) is 5.39. The van der Waals surface area contributed by atoms with Crippen molar-refractivity contribution in [2.24, 2.45) is 0 Å². The van der Waals surface area contributed by atoms with Crippen molar-refractivity contribution in [1.82, 2.24) is 24.7 Å². The van der Waals surface area contributed by atoms with Crippen molar-refractivity contribution in [3.05, 3.63) is 54.1 Å². The molecule has 6 nitrogen and oxygen atoms in total. The van der Waals surface area contributed by atoms with E-state index >= 15 is 0 Å². The Hall–Kier alpha value is -2.34. The second-order valence-electron chi connectivity index (χ2n) is 7.16. The molecule has 132 valence electrons. The summed E-state index contributed by atoms with van der Waals surface area (Å²) in [7, 11) is 2.11. The Bertz CT molecular complexity index is 743. The Kier molecular flexibility index (Phi) is 4.21. The molecule has 1 fully saturated rings. The first kappa shape index (κ1) is 16.1. The molecule has 1 aromatic carbocycles. The predicted octanol–water partition coefficient (Wildman–Crippen LogP) is 2.59. The number of carbonyl (C=O) groups excluding carboxylic acids is 1. The summed E-state index contributed by atoms with van der Waals surface area (Å²) >= 11 is 0. The number of nitrogens with zero attached hydrogens (tertiary/aromatic N) is 4. The molecule has 0 radical (unpaired) electrons. The fourth-order valence-corrected chi connectivity index (χ4v) is 4.01. The summed E-state index contributed by atoms with van der Waals surface area (Å²) in [5, 5.41) is 3.22. The van der Waals surface area contributed by atoms with E-state index in [1.165, 1.54) is 5.56 Å². The fourth-order valence-electron chi connectivity index (χ4n) is 4.01. The van der Waals surface area contributed by atoms with Gasteiger partial charge >= 0.3 is 6.03 Å². The zero-order valence-corrected chi connectivity index (χ0v) is 14.8. The van der Waals surface area contributed by atoms with Gasteiger partial charge in [-0.3, -0.25) is 0 Å². The number of fused-ring (bicyclic) bond motifs is 1. The van der Waals surface area contributed by atoms with Crippen LogP contribution in [0.2, 0.25) is 0 Å². The normalized spacial score (nSPS) is 26.5. The largest absolute Gasteiger partial charge is 0.330 e. The highest BCUT2D eigenvalue weighted by Crippen LogP contribution is 2.33. The zero-order valence-electron chi connectivity index (χ0n) is 14.8. The van der Waals surface area contributed by atoms with Gasteiger partial charge in [0, 0.05) is 38.1 Å². The van der Waals surface area contributed by atoms with E-state index in [9.17, 15) is 4.79 Å². The molecule has 0 spiro atoms. The number of hydrogen-bond donors (Lipinski definition) is 1. The van der Waals surface area contributed by atoms with Crippen LogP contribution in [0.25, 0.3) is 0 Å². The van der Waals surface area contributed by atoms with E-state index < -0.39 is 0 Å². The lowest BCUT2D eigenvalue weighted by Crippen LogP contribution is -2.52. The second kappa shape index (κ2) is 6.52. The van der Waals surface area contributed by atoms with Crippen LogP contribution in [0.15, 0.2) is 42.7 Å². The first-order valence-corrected chi connectivity index (χ1v) is 8.97. The van der Waals surface area contributed by atoms with Crippen molar-refractivity contribution in [3.8, 4) is 0 Å². The number of aromatic nitrogens is 2. The Morgan fingerprint density at radius 1 is 1.24 bits per heavy atom. The van der Waals surface area contributed by atoms with E-state index in [1.807, 2.05) is 35.5 Å². The summed E-state index contributed by atoms with van der Waals surface area (Å²) in [4.78, 5) is 21.7. The van der Waals surface area contributed by atoms with Crippen LogP contribution in [0.5, 0.6) is 0 Å². The van der Waals surface area contributed by atoms with Gasteiger partial charge in [0.05, 0.1) is 12.1 Å². The van der Waals surface area contributed by atoms with Gasteiger partial charge in [-0.25, -0.2) is 9.78 Å². The zero-order chi connectivity index (χ0) is 17.4.